The van der Waals surface area contributed by atoms with E-state index in [1.165, 1.54) is 11.3 Å². The molecule has 6 nitrogen and oxygen atoms in total. The number of rotatable bonds is 2. The first-order valence-electron chi connectivity index (χ1n) is 3.76. The van der Waals surface area contributed by atoms with Crippen molar-refractivity contribution in [3.63, 3.8) is 0 Å². The van der Waals surface area contributed by atoms with Gasteiger partial charge < -0.3 is 0 Å². The molecular weight excluding hydrogens is 260 g/mol. The van der Waals surface area contributed by atoms with Crippen LogP contribution < -0.4 is 0 Å². The fourth-order valence-electron chi connectivity index (χ4n) is 0.937. The normalized spacial score (nSPS) is 11.9. The van der Waals surface area contributed by atoms with Gasteiger partial charge in [-0.1, -0.05) is 0 Å². The van der Waals surface area contributed by atoms with Crippen LogP contribution in [0.15, 0.2) is 10.5 Å². The number of halogens is 1. The molecule has 2 aromatic heterocycles. The van der Waals surface area contributed by atoms with Crippen molar-refractivity contribution in [3.05, 3.63) is 10.4 Å². The predicted octanol–water partition coefficient (Wildman–Crippen LogP) is 1.16. The van der Waals surface area contributed by atoms with E-state index in [9.17, 15) is 8.42 Å². The fraction of sp³-hybridized carbons (Fsp3) is 0.167. The van der Waals surface area contributed by atoms with Crippen LogP contribution in [0.4, 0.5) is 0 Å². The second-order valence-electron chi connectivity index (χ2n) is 2.65. The minimum Gasteiger partial charge on any atom is -0.248 e. The molecule has 0 bridgehead atoms. The Morgan fingerprint density at radius 1 is 1.47 bits per heavy atom. The number of aromatic nitrogens is 4. The molecule has 80 valence electrons. The molecule has 2 rings (SSSR count). The molecule has 1 N–H and O–H groups in total. The first-order valence-corrected chi connectivity index (χ1v) is 6.95. The maximum absolute atomic E-state index is 10.9. The van der Waals surface area contributed by atoms with E-state index in [-0.39, 0.29) is 11.0 Å². The Morgan fingerprint density at radius 2 is 2.20 bits per heavy atom. The van der Waals surface area contributed by atoms with E-state index < -0.39 is 9.05 Å². The molecule has 0 fully saturated rings. The van der Waals surface area contributed by atoms with Crippen LogP contribution in [0.3, 0.4) is 0 Å². The van der Waals surface area contributed by atoms with Crippen molar-refractivity contribution in [2.75, 3.05) is 0 Å². The lowest BCUT2D eigenvalue weighted by atomic mass is 10.5. The van der Waals surface area contributed by atoms with Crippen molar-refractivity contribution in [1.82, 2.24) is 20.2 Å². The third-order valence-corrected chi connectivity index (χ3v) is 3.40. The maximum Gasteiger partial charge on any atom is 0.296 e. The summed E-state index contributed by atoms with van der Waals surface area (Å²) in [6.45, 7) is 1.83. The SMILES string of the molecule is Cc1nc(-c2n[nH]c(S(=O)(=O)Cl)n2)cs1. The summed E-state index contributed by atoms with van der Waals surface area (Å²) < 4.78 is 21.8. The van der Waals surface area contributed by atoms with Crippen LogP contribution in [-0.4, -0.2) is 28.6 Å². The topological polar surface area (TPSA) is 88.6 Å². The number of aryl methyl sites for hydroxylation is 1. The highest BCUT2D eigenvalue weighted by atomic mass is 35.7. The average molecular weight is 265 g/mol. The smallest absolute Gasteiger partial charge is 0.248 e. The van der Waals surface area contributed by atoms with Gasteiger partial charge in [0, 0.05) is 16.1 Å². The van der Waals surface area contributed by atoms with Crippen LogP contribution in [0.25, 0.3) is 11.5 Å². The average Bonchev–Trinajstić information content (AvgIpc) is 2.69. The van der Waals surface area contributed by atoms with Gasteiger partial charge in [0.2, 0.25) is 5.82 Å². The molecule has 0 aliphatic carbocycles. The summed E-state index contributed by atoms with van der Waals surface area (Å²) in [4.78, 5) is 7.83. The molecule has 0 amide bonds. The monoisotopic (exact) mass is 264 g/mol. The van der Waals surface area contributed by atoms with Crippen molar-refractivity contribution < 1.29 is 8.42 Å². The van der Waals surface area contributed by atoms with E-state index in [1.54, 1.807) is 5.38 Å². The molecule has 15 heavy (non-hydrogen) atoms. The number of aromatic amines is 1. The first-order chi connectivity index (χ1) is 6.97. The van der Waals surface area contributed by atoms with Crippen LogP contribution in [0, 0.1) is 6.92 Å². The van der Waals surface area contributed by atoms with Crippen molar-refractivity contribution in [3.8, 4) is 11.5 Å². The van der Waals surface area contributed by atoms with E-state index in [1.807, 2.05) is 6.92 Å². The minimum absolute atomic E-state index is 0.221. The Kier molecular flexibility index (Phi) is 2.49. The zero-order valence-corrected chi connectivity index (χ0v) is 9.82. The second-order valence-corrected chi connectivity index (χ2v) is 6.20. The molecular formula is C6H5ClN4O2S2. The third-order valence-electron chi connectivity index (χ3n) is 1.54. The molecule has 0 aromatic carbocycles. The van der Waals surface area contributed by atoms with Crippen molar-refractivity contribution in [2.24, 2.45) is 0 Å². The third kappa shape index (κ3) is 2.16. The van der Waals surface area contributed by atoms with Crippen molar-refractivity contribution in [2.45, 2.75) is 12.1 Å². The largest absolute Gasteiger partial charge is 0.296 e. The molecule has 0 aliphatic heterocycles. The van der Waals surface area contributed by atoms with Gasteiger partial charge in [0.15, 0.2) is 0 Å². The van der Waals surface area contributed by atoms with E-state index in [4.69, 9.17) is 10.7 Å². The van der Waals surface area contributed by atoms with E-state index in [0.29, 0.717) is 5.69 Å². The van der Waals surface area contributed by atoms with E-state index >= 15 is 0 Å². The molecule has 2 heterocycles. The molecule has 0 aliphatic rings. The molecule has 0 atom stereocenters. The van der Waals surface area contributed by atoms with Crippen LogP contribution in [0.5, 0.6) is 0 Å². The first kappa shape index (κ1) is 10.5. The van der Waals surface area contributed by atoms with Gasteiger partial charge in [-0.2, -0.15) is 10.1 Å². The van der Waals surface area contributed by atoms with Gasteiger partial charge in [0.25, 0.3) is 14.2 Å². The number of thiazole rings is 1. The molecule has 0 unspecified atom stereocenters. The summed E-state index contributed by atoms with van der Waals surface area (Å²) in [6, 6.07) is 0. The quantitative estimate of drug-likeness (QED) is 0.823. The van der Waals surface area contributed by atoms with Gasteiger partial charge in [-0.05, 0) is 6.92 Å². The van der Waals surface area contributed by atoms with Crippen molar-refractivity contribution in [1.29, 1.82) is 0 Å². The zero-order valence-electron chi connectivity index (χ0n) is 7.43. The summed E-state index contributed by atoms with van der Waals surface area (Å²) in [7, 11) is 1.22. The van der Waals surface area contributed by atoms with Crippen LogP contribution in [0.1, 0.15) is 5.01 Å². The molecule has 0 spiro atoms. The Hall–Kier alpha value is -0.990. The lowest BCUT2D eigenvalue weighted by Gasteiger charge is -1.84. The summed E-state index contributed by atoms with van der Waals surface area (Å²) in [5, 5.41) is 8.17. The van der Waals surface area contributed by atoms with Gasteiger partial charge in [0.1, 0.15) is 5.69 Å². The zero-order chi connectivity index (χ0) is 11.1. The maximum atomic E-state index is 10.9. The van der Waals surface area contributed by atoms with Crippen LogP contribution in [-0.2, 0) is 9.05 Å². The Labute approximate surface area is 93.8 Å². The number of nitrogens with one attached hydrogen (secondary N) is 1. The highest BCUT2D eigenvalue weighted by Gasteiger charge is 2.17. The Morgan fingerprint density at radius 3 is 2.67 bits per heavy atom. The van der Waals surface area contributed by atoms with Crippen LogP contribution in [0.2, 0.25) is 0 Å². The van der Waals surface area contributed by atoms with E-state index in [0.717, 1.165) is 5.01 Å². The molecule has 2 aromatic rings. The lowest BCUT2D eigenvalue weighted by molar-refractivity contribution is 0.602. The molecule has 0 saturated heterocycles. The Bertz CT molecular complexity index is 588. The molecule has 9 heteroatoms. The minimum atomic E-state index is -3.86. The van der Waals surface area contributed by atoms with Gasteiger partial charge in [-0.15, -0.1) is 11.3 Å². The van der Waals surface area contributed by atoms with E-state index in [2.05, 4.69) is 20.2 Å². The van der Waals surface area contributed by atoms with Crippen LogP contribution >= 0.6 is 22.0 Å². The van der Waals surface area contributed by atoms with Gasteiger partial charge in [-0.25, -0.2) is 18.5 Å². The fourth-order valence-corrected chi connectivity index (χ4v) is 2.09. The van der Waals surface area contributed by atoms with Gasteiger partial charge in [0.05, 0.1) is 5.01 Å². The second kappa shape index (κ2) is 3.54. The number of nitrogens with zero attached hydrogens (tertiary/aromatic N) is 3. The Balaban J connectivity index is 2.44. The number of hydrogen-bond acceptors (Lipinski definition) is 6. The van der Waals surface area contributed by atoms with Gasteiger partial charge >= 0.3 is 0 Å². The summed E-state index contributed by atoms with van der Waals surface area (Å²) in [6.07, 6.45) is 0. The summed E-state index contributed by atoms with van der Waals surface area (Å²) in [5.74, 6) is 0.221. The van der Waals surface area contributed by atoms with Gasteiger partial charge in [-0.3, -0.25) is 0 Å². The summed E-state index contributed by atoms with van der Waals surface area (Å²) >= 11 is 1.43. The summed E-state index contributed by atoms with van der Waals surface area (Å²) in [5.41, 5.74) is 0.528. The number of hydrogen-bond donors (Lipinski definition) is 1. The lowest BCUT2D eigenvalue weighted by Crippen LogP contribution is -1.92. The number of H-pyrrole nitrogens is 1. The standard InChI is InChI=1S/C6H5ClN4O2S2/c1-3-8-4(2-14-3)5-9-6(11-10-5)15(7,12)13/h2H,1H3,(H,9,10,11). The molecule has 0 saturated carbocycles. The molecule has 0 radical (unpaired) electrons. The highest BCUT2D eigenvalue weighted by molar-refractivity contribution is 8.13. The predicted molar refractivity (Wildman–Crippen MR) is 55.3 cm³/mol. The van der Waals surface area contributed by atoms with Crippen molar-refractivity contribution >= 4 is 31.1 Å². The highest BCUT2D eigenvalue weighted by Crippen LogP contribution is 2.19.